The van der Waals surface area contributed by atoms with Crippen molar-refractivity contribution >= 4 is 54.6 Å². The van der Waals surface area contributed by atoms with Gasteiger partial charge in [-0.05, 0) is 24.3 Å². The number of carbonyl (C=O) groups is 2. The molecule has 5 nitrogen and oxygen atoms in total. The van der Waals surface area contributed by atoms with Crippen molar-refractivity contribution in [3.8, 4) is 0 Å². The van der Waals surface area contributed by atoms with Crippen LogP contribution in [0.2, 0.25) is 0 Å². The third-order valence-corrected chi connectivity index (χ3v) is 5.14. The van der Waals surface area contributed by atoms with Crippen LogP contribution in [0.1, 0.15) is 20.7 Å². The summed E-state index contributed by atoms with van der Waals surface area (Å²) in [5.41, 5.74) is 1.27. The number of fused-ring (bicyclic) bond motifs is 5. The summed E-state index contributed by atoms with van der Waals surface area (Å²) in [4.78, 5) is 24.2. The van der Waals surface area contributed by atoms with Crippen molar-refractivity contribution in [2.45, 2.75) is 0 Å². The molecule has 0 fully saturated rings. The number of methoxy groups -OCH3 is 2. The van der Waals surface area contributed by atoms with Crippen LogP contribution in [0.15, 0.2) is 40.8 Å². The largest absolute Gasteiger partial charge is 0.465 e. The Balaban J connectivity index is 2.14. The van der Waals surface area contributed by atoms with Crippen LogP contribution in [0.4, 0.5) is 0 Å². The first kappa shape index (κ1) is 14.7. The molecule has 0 unspecified atom stereocenters. The minimum absolute atomic E-state index is 0.0920. The molecular weight excluding hydrogens is 328 g/mol. The van der Waals surface area contributed by atoms with Crippen molar-refractivity contribution in [2.24, 2.45) is 0 Å². The molecule has 2 heterocycles. The lowest BCUT2D eigenvalue weighted by atomic mass is 10.0. The number of rotatable bonds is 2. The quantitative estimate of drug-likeness (QED) is 0.507. The van der Waals surface area contributed by atoms with E-state index in [0.29, 0.717) is 11.2 Å². The SMILES string of the molecule is COC(=O)c1ccc2c(oc3c4ccccc4sc23)c1C(=O)OC. The average Bonchev–Trinajstić information content (AvgIpc) is 3.15. The van der Waals surface area contributed by atoms with Crippen molar-refractivity contribution < 1.29 is 23.5 Å². The van der Waals surface area contributed by atoms with Gasteiger partial charge in [-0.25, -0.2) is 9.59 Å². The highest BCUT2D eigenvalue weighted by atomic mass is 32.1. The van der Waals surface area contributed by atoms with Crippen LogP contribution >= 0.6 is 11.3 Å². The van der Waals surface area contributed by atoms with Gasteiger partial charge in [0.1, 0.15) is 5.56 Å². The van der Waals surface area contributed by atoms with Crippen molar-refractivity contribution in [1.29, 1.82) is 0 Å². The Morgan fingerprint density at radius 1 is 0.917 bits per heavy atom. The first-order valence-electron chi connectivity index (χ1n) is 7.19. The van der Waals surface area contributed by atoms with E-state index < -0.39 is 11.9 Å². The van der Waals surface area contributed by atoms with Crippen molar-refractivity contribution in [3.63, 3.8) is 0 Å². The Labute approximate surface area is 140 Å². The summed E-state index contributed by atoms with van der Waals surface area (Å²) in [6.45, 7) is 0. The zero-order chi connectivity index (χ0) is 16.8. The van der Waals surface area contributed by atoms with Crippen LogP contribution in [-0.2, 0) is 9.47 Å². The molecule has 0 aliphatic rings. The summed E-state index contributed by atoms with van der Waals surface area (Å²) in [5.74, 6) is -1.24. The second-order valence-electron chi connectivity index (χ2n) is 5.21. The van der Waals surface area contributed by atoms with Crippen LogP contribution in [0.5, 0.6) is 0 Å². The molecule has 120 valence electrons. The van der Waals surface area contributed by atoms with Crippen LogP contribution in [0.3, 0.4) is 0 Å². The third kappa shape index (κ3) is 1.93. The average molecular weight is 340 g/mol. The maximum atomic E-state index is 12.2. The predicted octanol–water partition coefficient (Wildman–Crippen LogP) is 4.37. The fraction of sp³-hybridized carbons (Fsp3) is 0.111. The Bertz CT molecular complexity index is 1120. The molecule has 2 aromatic carbocycles. The van der Waals surface area contributed by atoms with E-state index in [2.05, 4.69) is 0 Å². The molecule has 6 heteroatoms. The number of benzene rings is 2. The van der Waals surface area contributed by atoms with Gasteiger partial charge in [0, 0.05) is 15.5 Å². The van der Waals surface area contributed by atoms with Crippen molar-refractivity contribution in [3.05, 3.63) is 47.5 Å². The van der Waals surface area contributed by atoms with Gasteiger partial charge in [-0.1, -0.05) is 12.1 Å². The third-order valence-electron chi connectivity index (χ3n) is 3.95. The minimum atomic E-state index is -0.633. The molecular formula is C18H12O5S. The topological polar surface area (TPSA) is 65.7 Å². The van der Waals surface area contributed by atoms with Crippen molar-refractivity contribution in [1.82, 2.24) is 0 Å². The molecule has 0 atom stereocenters. The number of hydrogen-bond acceptors (Lipinski definition) is 6. The zero-order valence-electron chi connectivity index (χ0n) is 12.9. The maximum Gasteiger partial charge on any atom is 0.342 e. The summed E-state index contributed by atoms with van der Waals surface area (Å²) >= 11 is 1.58. The van der Waals surface area contributed by atoms with Gasteiger partial charge in [0.05, 0.1) is 24.5 Å². The van der Waals surface area contributed by atoms with Gasteiger partial charge in [0.25, 0.3) is 0 Å². The standard InChI is InChI=1S/C18H12O5S/c1-21-17(19)10-7-8-11-14(13(10)18(20)22-2)23-15-9-5-3-4-6-12(9)24-16(11)15/h3-8H,1-2H3. The molecule has 4 rings (SSSR count). The molecule has 0 saturated carbocycles. The molecule has 2 aromatic heterocycles. The molecule has 0 aliphatic carbocycles. The Morgan fingerprint density at radius 3 is 2.42 bits per heavy atom. The van der Waals surface area contributed by atoms with Crippen LogP contribution in [-0.4, -0.2) is 26.2 Å². The van der Waals surface area contributed by atoms with E-state index in [1.165, 1.54) is 14.2 Å². The fourth-order valence-electron chi connectivity index (χ4n) is 2.85. The second-order valence-corrected chi connectivity index (χ2v) is 6.26. The monoisotopic (exact) mass is 340 g/mol. The molecule has 24 heavy (non-hydrogen) atoms. The maximum absolute atomic E-state index is 12.2. The number of carbonyl (C=O) groups excluding carboxylic acids is 2. The molecule has 0 radical (unpaired) electrons. The lowest BCUT2D eigenvalue weighted by molar-refractivity contribution is 0.0556. The Kier molecular flexibility index (Phi) is 3.28. The fourth-order valence-corrected chi connectivity index (χ4v) is 4.01. The van der Waals surface area contributed by atoms with Crippen molar-refractivity contribution in [2.75, 3.05) is 14.2 Å². The summed E-state index contributed by atoms with van der Waals surface area (Å²) in [5, 5.41) is 1.75. The highest BCUT2D eigenvalue weighted by Gasteiger charge is 2.26. The molecule has 0 bridgehead atoms. The number of thiophene rings is 1. The van der Waals surface area contributed by atoms with Gasteiger partial charge >= 0.3 is 11.9 Å². The van der Waals surface area contributed by atoms with Gasteiger partial charge < -0.3 is 13.9 Å². The second kappa shape index (κ2) is 5.35. The van der Waals surface area contributed by atoms with Crippen LogP contribution in [0.25, 0.3) is 31.3 Å². The molecule has 0 N–H and O–H groups in total. The Morgan fingerprint density at radius 2 is 1.67 bits per heavy atom. The minimum Gasteiger partial charge on any atom is -0.465 e. The molecule has 0 amide bonds. The summed E-state index contributed by atoms with van der Waals surface area (Å²) in [6, 6.07) is 11.2. The number of furan rings is 1. The van der Waals surface area contributed by atoms with Crippen LogP contribution < -0.4 is 0 Å². The van der Waals surface area contributed by atoms with Gasteiger partial charge in [-0.2, -0.15) is 0 Å². The van der Waals surface area contributed by atoms with Gasteiger partial charge in [0.15, 0.2) is 11.2 Å². The van der Waals surface area contributed by atoms with Gasteiger partial charge in [-0.3, -0.25) is 0 Å². The predicted molar refractivity (Wildman–Crippen MR) is 91.8 cm³/mol. The van der Waals surface area contributed by atoms with E-state index in [-0.39, 0.29) is 11.1 Å². The lowest BCUT2D eigenvalue weighted by Crippen LogP contribution is -2.12. The number of hydrogen-bond donors (Lipinski definition) is 0. The molecule has 4 aromatic rings. The smallest absolute Gasteiger partial charge is 0.342 e. The first-order chi connectivity index (χ1) is 11.7. The number of ether oxygens (including phenoxy) is 2. The van der Waals surface area contributed by atoms with E-state index in [1.807, 2.05) is 24.3 Å². The first-order valence-corrected chi connectivity index (χ1v) is 8.00. The van der Waals surface area contributed by atoms with Gasteiger partial charge in [0.2, 0.25) is 0 Å². The number of esters is 2. The summed E-state index contributed by atoms with van der Waals surface area (Å²) < 4.78 is 17.6. The molecule has 0 saturated heterocycles. The Hall–Kier alpha value is -2.86. The highest BCUT2D eigenvalue weighted by molar-refractivity contribution is 7.26. The molecule has 0 aliphatic heterocycles. The van der Waals surface area contributed by atoms with Gasteiger partial charge in [-0.15, -0.1) is 11.3 Å². The van der Waals surface area contributed by atoms with E-state index in [1.54, 1.807) is 23.5 Å². The van der Waals surface area contributed by atoms with E-state index in [0.717, 1.165) is 20.2 Å². The highest BCUT2D eigenvalue weighted by Crippen LogP contribution is 2.42. The van der Waals surface area contributed by atoms with E-state index >= 15 is 0 Å². The van der Waals surface area contributed by atoms with E-state index in [9.17, 15) is 9.59 Å². The summed E-state index contributed by atoms with van der Waals surface area (Å²) in [7, 11) is 2.53. The molecule has 0 spiro atoms. The van der Waals surface area contributed by atoms with Crippen LogP contribution in [0, 0.1) is 0 Å². The normalized spacial score (nSPS) is 11.2. The summed E-state index contributed by atoms with van der Waals surface area (Å²) in [6.07, 6.45) is 0. The lowest BCUT2D eigenvalue weighted by Gasteiger charge is -2.06. The zero-order valence-corrected chi connectivity index (χ0v) is 13.7. The van der Waals surface area contributed by atoms with E-state index in [4.69, 9.17) is 13.9 Å².